The summed E-state index contributed by atoms with van der Waals surface area (Å²) in [6.07, 6.45) is 9.85. The van der Waals surface area contributed by atoms with E-state index < -0.39 is 23.5 Å². The molecular formula is C59H60BBrCl3F3N10O7. The molecule has 0 radical (unpaired) electrons. The van der Waals surface area contributed by atoms with Crippen LogP contribution in [0.15, 0.2) is 143 Å². The maximum atomic E-state index is 13.2. The molecule has 1 amide bonds. The molecule has 6 heterocycles. The van der Waals surface area contributed by atoms with Gasteiger partial charge in [-0.2, -0.15) is 10.2 Å². The number of anilines is 3. The first-order valence-corrected chi connectivity index (χ1v) is 28.0. The maximum absolute atomic E-state index is 13.2. The van der Waals surface area contributed by atoms with Gasteiger partial charge in [0, 0.05) is 41.5 Å². The van der Waals surface area contributed by atoms with Gasteiger partial charge in [-0.15, -0.1) is 0 Å². The van der Waals surface area contributed by atoms with E-state index in [0.717, 1.165) is 59.0 Å². The number of hydrogen-bond donors (Lipinski definition) is 4. The van der Waals surface area contributed by atoms with E-state index in [4.69, 9.17) is 60.7 Å². The molecule has 2 aliphatic carbocycles. The largest absolute Gasteiger partial charge is 0.496 e. The van der Waals surface area contributed by atoms with Gasteiger partial charge in [0.2, 0.25) is 0 Å². The maximum Gasteiger partial charge on any atom is 0.496 e. The van der Waals surface area contributed by atoms with Gasteiger partial charge in [-0.1, -0.05) is 94.6 Å². The summed E-state index contributed by atoms with van der Waals surface area (Å²) in [5.74, 6) is -1.40. The van der Waals surface area contributed by atoms with Gasteiger partial charge in [0.15, 0.2) is 5.69 Å². The van der Waals surface area contributed by atoms with E-state index in [1.807, 2.05) is 45.9 Å². The second kappa shape index (κ2) is 29.4. The first kappa shape index (κ1) is 65.7. The van der Waals surface area contributed by atoms with E-state index >= 15 is 0 Å². The fourth-order valence-electron chi connectivity index (χ4n) is 7.50. The first-order valence-electron chi connectivity index (χ1n) is 25.7. The molecule has 8 aromatic rings. The number of nitrogen functional groups attached to an aromatic ring is 2. The van der Waals surface area contributed by atoms with E-state index in [9.17, 15) is 32.3 Å². The van der Waals surface area contributed by atoms with Crippen molar-refractivity contribution in [2.24, 2.45) is 0 Å². The van der Waals surface area contributed by atoms with Crippen LogP contribution >= 0.6 is 50.7 Å². The number of benzene rings is 3. The average molecular weight is 1280 g/mol. The van der Waals surface area contributed by atoms with Gasteiger partial charge in [0.05, 0.1) is 38.4 Å². The van der Waals surface area contributed by atoms with E-state index in [2.05, 4.69) is 46.4 Å². The first-order chi connectivity index (χ1) is 39.4. The lowest BCUT2D eigenvalue weighted by Crippen LogP contribution is -2.41. The zero-order valence-corrected chi connectivity index (χ0v) is 49.1. The highest BCUT2D eigenvalue weighted by Crippen LogP contribution is 2.37. The number of amides is 1. The molecule has 0 bridgehead atoms. The van der Waals surface area contributed by atoms with E-state index in [0.29, 0.717) is 35.6 Å². The summed E-state index contributed by atoms with van der Waals surface area (Å²) >= 11 is 20.2. The molecule has 3 fully saturated rings. The minimum absolute atomic E-state index is 0. The number of carbonyl (C=O) groups excluding carboxylic acids is 1. The normalized spacial score (nSPS) is 14.3. The van der Waals surface area contributed by atoms with E-state index in [1.54, 1.807) is 73.2 Å². The molecular weight excluding hydrogens is 1210 g/mol. The summed E-state index contributed by atoms with van der Waals surface area (Å²) in [6, 6.07) is 30.1. The molecule has 3 aliphatic rings. The molecule has 17 nitrogen and oxygen atoms in total. The Morgan fingerprint density at radius 1 is 0.619 bits per heavy atom. The molecule has 1 aliphatic heterocycles. The molecule has 5 aromatic heterocycles. The van der Waals surface area contributed by atoms with Crippen LogP contribution in [0.1, 0.15) is 122 Å². The third kappa shape index (κ3) is 18.8. The van der Waals surface area contributed by atoms with Gasteiger partial charge in [-0.3, -0.25) is 14.4 Å². The molecule has 6 N–H and O–H groups in total. The Balaban J connectivity index is 0.000000176. The number of carboxylic acid groups (broad SMARTS) is 1. The number of rotatable bonds is 11. The van der Waals surface area contributed by atoms with Crippen LogP contribution < -0.4 is 33.4 Å². The SMILES string of the molecule is C.CC1(C)OB(c2ccc(N)nc2)OC1(C)C.Fc1ccc(CBr)cc1Cl.Nc1ccc(Cc2ccc(F)c(Cl)c2)cn1.O=C(Nc1ccc(Cc2ccc(F)c(Cl)c2)cn1)c1ccc(=O)n(C2CC2)n1.O=C(O)c1ccc(=O)n(C2CC2)n1. The molecule has 0 unspecified atom stereocenters. The lowest BCUT2D eigenvalue weighted by Gasteiger charge is -2.32. The minimum atomic E-state index is -1.10. The van der Waals surface area contributed by atoms with Crippen LogP contribution in [0.25, 0.3) is 0 Å². The molecule has 1 saturated heterocycles. The Morgan fingerprint density at radius 3 is 1.44 bits per heavy atom. The second-order valence-corrected chi connectivity index (χ2v) is 22.0. The van der Waals surface area contributed by atoms with Crippen molar-refractivity contribution in [1.29, 1.82) is 0 Å². The molecule has 0 atom stereocenters. The minimum Gasteiger partial charge on any atom is -0.476 e. The number of aromatic nitrogens is 7. The summed E-state index contributed by atoms with van der Waals surface area (Å²) in [4.78, 5) is 58.1. The van der Waals surface area contributed by atoms with Gasteiger partial charge in [0.1, 0.15) is 40.6 Å². The lowest BCUT2D eigenvalue weighted by molar-refractivity contribution is 0.00578. The van der Waals surface area contributed by atoms with Crippen molar-refractivity contribution in [3.63, 3.8) is 0 Å². The molecule has 25 heteroatoms. The second-order valence-electron chi connectivity index (χ2n) is 20.2. The molecule has 0 spiro atoms. The number of hydrogen-bond acceptors (Lipinski definition) is 13. The third-order valence-electron chi connectivity index (χ3n) is 13.1. The summed E-state index contributed by atoms with van der Waals surface area (Å²) in [6.45, 7) is 8.10. The number of pyridine rings is 3. The Kier molecular flexibility index (Phi) is 23.0. The Labute approximate surface area is 506 Å². The van der Waals surface area contributed by atoms with E-state index in [-0.39, 0.29) is 81.2 Å². The van der Waals surface area contributed by atoms with Crippen molar-refractivity contribution in [1.82, 2.24) is 34.5 Å². The standard InChI is InChI=1S/C20H16ClFN4O2.C12H10ClFN2.C11H17BN2O2.C8H8N2O3.C7H5BrClF.CH4/c21-15-10-12(1-5-16(15)22)9-13-2-7-18(23-11-13)24-20(28)17-6-8-19(27)26(25-17)14-3-4-14;13-10-6-8(1-3-11(10)14)5-9-2-4-12(15)16-7-9;1-10(2)11(3,4)16-12(15-10)8-5-6-9(13)14-7-8;11-7-4-3-6(8(12)13)9-10(7)5-1-2-5;8-4-5-1-2-7(10)6(9)3-5;/h1-2,5-8,10-11,14H,3-4,9H2,(H,23,24,28);1-4,6-7H,5H2,(H2,15,16);5-7H,1-4H3,(H2,13,14);3-5H,1-2H2,(H,12,13);1-3H,4H2;1H4. The van der Waals surface area contributed by atoms with Crippen LogP contribution in [0, 0.1) is 17.5 Å². The summed E-state index contributed by atoms with van der Waals surface area (Å²) in [5.41, 5.74) is 15.6. The summed E-state index contributed by atoms with van der Waals surface area (Å²) in [5, 5.41) is 20.3. The van der Waals surface area contributed by atoms with Crippen molar-refractivity contribution in [3.8, 4) is 0 Å². The molecule has 440 valence electrons. The molecule has 3 aromatic carbocycles. The number of halogens is 7. The van der Waals surface area contributed by atoms with Gasteiger partial charge < -0.3 is 31.2 Å². The van der Waals surface area contributed by atoms with Crippen molar-refractivity contribution in [2.75, 3.05) is 16.8 Å². The van der Waals surface area contributed by atoms with Crippen molar-refractivity contribution >= 4 is 92.6 Å². The summed E-state index contributed by atoms with van der Waals surface area (Å²) < 4.78 is 53.0. The molecule has 11 rings (SSSR count). The molecule has 84 heavy (non-hydrogen) atoms. The Bertz CT molecular complexity index is 3680. The monoisotopic (exact) mass is 1270 g/mol. The number of nitrogens with zero attached hydrogens (tertiary/aromatic N) is 7. The average Bonchev–Trinajstić information content (AvgIpc) is 3.16. The van der Waals surface area contributed by atoms with Crippen molar-refractivity contribution in [3.05, 3.63) is 226 Å². The Morgan fingerprint density at radius 2 is 1.04 bits per heavy atom. The number of carbonyl (C=O) groups is 2. The van der Waals surface area contributed by atoms with Crippen LogP contribution in [-0.2, 0) is 27.5 Å². The van der Waals surface area contributed by atoms with Gasteiger partial charge in [0.25, 0.3) is 17.0 Å². The van der Waals surface area contributed by atoms with Gasteiger partial charge >= 0.3 is 13.1 Å². The van der Waals surface area contributed by atoms with Gasteiger partial charge in [-0.25, -0.2) is 42.3 Å². The number of alkyl halides is 1. The van der Waals surface area contributed by atoms with Crippen LogP contribution in [0.4, 0.5) is 30.6 Å². The smallest absolute Gasteiger partial charge is 0.476 e. The zero-order chi connectivity index (χ0) is 60.2. The fourth-order valence-corrected chi connectivity index (χ4v) is 8.46. The number of nitrogens with one attached hydrogen (secondary N) is 1. The van der Waals surface area contributed by atoms with E-state index in [1.165, 1.54) is 51.8 Å². The number of aromatic carboxylic acids is 1. The highest BCUT2D eigenvalue weighted by atomic mass is 79.9. The quantitative estimate of drug-likeness (QED) is 0.0695. The van der Waals surface area contributed by atoms with Crippen LogP contribution in [-0.4, -0.2) is 69.8 Å². The van der Waals surface area contributed by atoms with Crippen LogP contribution in [0.5, 0.6) is 0 Å². The molecule has 2 saturated carbocycles. The fraction of sp³-hybridized carbons (Fsp3) is 0.271. The predicted octanol–water partition coefficient (Wildman–Crippen LogP) is 11.9. The number of nitrogens with two attached hydrogens (primary N) is 2. The summed E-state index contributed by atoms with van der Waals surface area (Å²) in [7, 11) is -0.363. The highest BCUT2D eigenvalue weighted by Gasteiger charge is 2.51. The van der Waals surface area contributed by atoms with Crippen molar-refractivity contribution in [2.45, 2.75) is 102 Å². The predicted molar refractivity (Wildman–Crippen MR) is 325 cm³/mol. The van der Waals surface area contributed by atoms with Crippen molar-refractivity contribution < 1.29 is 37.2 Å². The third-order valence-corrected chi connectivity index (χ3v) is 14.6. The highest BCUT2D eigenvalue weighted by molar-refractivity contribution is 9.08. The number of carboxylic acids is 1. The lowest BCUT2D eigenvalue weighted by atomic mass is 9.80. The zero-order valence-electron chi connectivity index (χ0n) is 45.2. The van der Waals surface area contributed by atoms with Crippen LogP contribution in [0.3, 0.4) is 0 Å². The van der Waals surface area contributed by atoms with Crippen LogP contribution in [0.2, 0.25) is 15.1 Å². The Hall–Kier alpha value is -7.47. The van der Waals surface area contributed by atoms with Gasteiger partial charge in [-0.05, 0) is 161 Å². The topological polar surface area (TPSA) is 245 Å².